The summed E-state index contributed by atoms with van der Waals surface area (Å²) in [5, 5.41) is 14.0. The van der Waals surface area contributed by atoms with Gasteiger partial charge < -0.3 is 14.8 Å². The number of anilines is 1. The van der Waals surface area contributed by atoms with Gasteiger partial charge in [0.25, 0.3) is 5.69 Å². The van der Waals surface area contributed by atoms with Crippen LogP contribution in [0.5, 0.6) is 5.75 Å². The molecule has 1 aliphatic rings. The standard InChI is InChI=1S/C11H14N2O4/c1-2-17-9-3-4-10(11(5-9)13(14)15)12-8-6-16-7-8/h3-5,8,12H,2,6-7H2,1H3. The lowest BCUT2D eigenvalue weighted by Crippen LogP contribution is -2.40. The SMILES string of the molecule is CCOc1ccc(NC2COC2)c([N+](=O)[O-])c1. The first kappa shape index (κ1) is 11.7. The van der Waals surface area contributed by atoms with Gasteiger partial charge in [0.15, 0.2) is 0 Å². The molecule has 2 rings (SSSR count). The van der Waals surface area contributed by atoms with Crippen LogP contribution in [0.2, 0.25) is 0 Å². The fourth-order valence-corrected chi connectivity index (χ4v) is 1.58. The first-order valence-corrected chi connectivity index (χ1v) is 5.46. The average Bonchev–Trinajstić information content (AvgIpc) is 2.25. The van der Waals surface area contributed by atoms with E-state index in [0.29, 0.717) is 31.3 Å². The maximum Gasteiger partial charge on any atom is 0.296 e. The van der Waals surface area contributed by atoms with Crippen molar-refractivity contribution in [2.24, 2.45) is 0 Å². The van der Waals surface area contributed by atoms with Crippen LogP contribution in [0.3, 0.4) is 0 Å². The Morgan fingerprint density at radius 1 is 1.59 bits per heavy atom. The first-order chi connectivity index (χ1) is 8.20. The Morgan fingerprint density at radius 2 is 2.35 bits per heavy atom. The molecule has 1 N–H and O–H groups in total. The summed E-state index contributed by atoms with van der Waals surface area (Å²) in [6.45, 7) is 3.50. The molecule has 0 radical (unpaired) electrons. The predicted molar refractivity (Wildman–Crippen MR) is 62.5 cm³/mol. The van der Waals surface area contributed by atoms with Gasteiger partial charge in [-0.15, -0.1) is 0 Å². The summed E-state index contributed by atoms with van der Waals surface area (Å²) < 4.78 is 10.3. The van der Waals surface area contributed by atoms with Crippen LogP contribution in [-0.2, 0) is 4.74 Å². The van der Waals surface area contributed by atoms with E-state index in [1.165, 1.54) is 6.07 Å². The second-order valence-electron chi connectivity index (χ2n) is 3.75. The van der Waals surface area contributed by atoms with Gasteiger partial charge >= 0.3 is 0 Å². The number of nitro groups is 1. The van der Waals surface area contributed by atoms with Crippen molar-refractivity contribution < 1.29 is 14.4 Å². The van der Waals surface area contributed by atoms with Crippen LogP contribution < -0.4 is 10.1 Å². The molecule has 1 aliphatic heterocycles. The summed E-state index contributed by atoms with van der Waals surface area (Å²) in [5.41, 5.74) is 0.537. The van der Waals surface area contributed by atoms with E-state index < -0.39 is 4.92 Å². The van der Waals surface area contributed by atoms with E-state index in [1.807, 2.05) is 6.92 Å². The Kier molecular flexibility index (Phi) is 3.43. The Bertz CT molecular complexity index is 418. The molecule has 0 amide bonds. The number of ether oxygens (including phenoxy) is 2. The molecule has 1 saturated heterocycles. The highest BCUT2D eigenvalue weighted by molar-refractivity contribution is 5.64. The molecule has 0 unspecified atom stereocenters. The molecule has 1 heterocycles. The van der Waals surface area contributed by atoms with E-state index >= 15 is 0 Å². The molecule has 1 aromatic rings. The Morgan fingerprint density at radius 3 is 2.88 bits per heavy atom. The molecule has 17 heavy (non-hydrogen) atoms. The second-order valence-corrected chi connectivity index (χ2v) is 3.75. The van der Waals surface area contributed by atoms with Gasteiger partial charge in [-0.25, -0.2) is 0 Å². The Labute approximate surface area is 98.7 Å². The van der Waals surface area contributed by atoms with Gasteiger partial charge in [0.05, 0.1) is 36.9 Å². The largest absolute Gasteiger partial charge is 0.494 e. The van der Waals surface area contributed by atoms with Gasteiger partial charge in [-0.2, -0.15) is 0 Å². The lowest BCUT2D eigenvalue weighted by molar-refractivity contribution is -0.384. The normalized spacial score (nSPS) is 15.1. The molecule has 1 aromatic carbocycles. The van der Waals surface area contributed by atoms with E-state index in [9.17, 15) is 10.1 Å². The first-order valence-electron chi connectivity index (χ1n) is 5.46. The molecule has 0 aliphatic carbocycles. The lowest BCUT2D eigenvalue weighted by atomic mass is 10.2. The van der Waals surface area contributed by atoms with Crippen molar-refractivity contribution in [2.75, 3.05) is 25.1 Å². The van der Waals surface area contributed by atoms with Crippen LogP contribution in [0.4, 0.5) is 11.4 Å². The van der Waals surface area contributed by atoms with Gasteiger partial charge in [-0.3, -0.25) is 10.1 Å². The van der Waals surface area contributed by atoms with Crippen molar-refractivity contribution in [1.82, 2.24) is 0 Å². The fraction of sp³-hybridized carbons (Fsp3) is 0.455. The van der Waals surface area contributed by atoms with E-state index in [2.05, 4.69) is 5.32 Å². The van der Waals surface area contributed by atoms with Crippen molar-refractivity contribution in [2.45, 2.75) is 13.0 Å². The molecule has 0 spiro atoms. The molecular weight excluding hydrogens is 224 g/mol. The molecular formula is C11H14N2O4. The summed E-state index contributed by atoms with van der Waals surface area (Å²) in [4.78, 5) is 10.5. The van der Waals surface area contributed by atoms with Gasteiger partial charge in [0.1, 0.15) is 11.4 Å². The number of nitro benzene ring substituents is 1. The van der Waals surface area contributed by atoms with Gasteiger partial charge in [0.2, 0.25) is 0 Å². The Hall–Kier alpha value is -1.82. The summed E-state index contributed by atoms with van der Waals surface area (Å²) in [6, 6.07) is 4.98. The predicted octanol–water partition coefficient (Wildman–Crippen LogP) is 1.80. The maximum atomic E-state index is 10.9. The zero-order chi connectivity index (χ0) is 12.3. The summed E-state index contributed by atoms with van der Waals surface area (Å²) in [5.74, 6) is 0.509. The van der Waals surface area contributed by atoms with E-state index in [-0.39, 0.29) is 11.7 Å². The van der Waals surface area contributed by atoms with Gasteiger partial charge in [-0.1, -0.05) is 0 Å². The minimum absolute atomic E-state index is 0.0304. The molecule has 6 heteroatoms. The fourth-order valence-electron chi connectivity index (χ4n) is 1.58. The summed E-state index contributed by atoms with van der Waals surface area (Å²) in [6.07, 6.45) is 0. The van der Waals surface area contributed by atoms with E-state index in [1.54, 1.807) is 12.1 Å². The highest BCUT2D eigenvalue weighted by Crippen LogP contribution is 2.30. The van der Waals surface area contributed by atoms with Crippen molar-refractivity contribution in [3.63, 3.8) is 0 Å². The van der Waals surface area contributed by atoms with Crippen LogP contribution >= 0.6 is 0 Å². The molecule has 6 nitrogen and oxygen atoms in total. The second kappa shape index (κ2) is 5.01. The zero-order valence-electron chi connectivity index (χ0n) is 9.51. The Balaban J connectivity index is 2.20. The van der Waals surface area contributed by atoms with Crippen LogP contribution in [0.1, 0.15) is 6.92 Å². The number of nitrogens with zero attached hydrogens (tertiary/aromatic N) is 1. The smallest absolute Gasteiger partial charge is 0.296 e. The van der Waals surface area contributed by atoms with Crippen molar-refractivity contribution in [3.05, 3.63) is 28.3 Å². The molecule has 92 valence electrons. The maximum absolute atomic E-state index is 10.9. The van der Waals surface area contributed by atoms with Crippen molar-refractivity contribution >= 4 is 11.4 Å². The number of hydrogen-bond acceptors (Lipinski definition) is 5. The summed E-state index contributed by atoms with van der Waals surface area (Å²) >= 11 is 0. The minimum Gasteiger partial charge on any atom is -0.494 e. The van der Waals surface area contributed by atoms with Crippen LogP contribution in [-0.4, -0.2) is 30.8 Å². The third-order valence-electron chi connectivity index (χ3n) is 2.47. The molecule has 0 aromatic heterocycles. The molecule has 0 bridgehead atoms. The van der Waals surface area contributed by atoms with E-state index in [4.69, 9.17) is 9.47 Å². The van der Waals surface area contributed by atoms with Crippen LogP contribution in [0.25, 0.3) is 0 Å². The summed E-state index contributed by atoms with van der Waals surface area (Å²) in [7, 11) is 0. The average molecular weight is 238 g/mol. The topological polar surface area (TPSA) is 73.6 Å². The number of rotatable bonds is 5. The number of hydrogen-bond donors (Lipinski definition) is 1. The van der Waals surface area contributed by atoms with Gasteiger partial charge in [0, 0.05) is 0 Å². The lowest BCUT2D eigenvalue weighted by Gasteiger charge is -2.27. The molecule has 1 fully saturated rings. The third kappa shape index (κ3) is 2.65. The third-order valence-corrected chi connectivity index (χ3v) is 2.47. The van der Waals surface area contributed by atoms with Crippen molar-refractivity contribution in [1.29, 1.82) is 0 Å². The highest BCUT2D eigenvalue weighted by Gasteiger charge is 2.22. The zero-order valence-corrected chi connectivity index (χ0v) is 9.51. The van der Waals surface area contributed by atoms with Crippen molar-refractivity contribution in [3.8, 4) is 5.75 Å². The monoisotopic (exact) mass is 238 g/mol. The van der Waals surface area contributed by atoms with Crippen LogP contribution in [0.15, 0.2) is 18.2 Å². The van der Waals surface area contributed by atoms with E-state index in [0.717, 1.165) is 0 Å². The van der Waals surface area contributed by atoms with Gasteiger partial charge in [-0.05, 0) is 19.1 Å². The minimum atomic E-state index is -0.412. The molecule has 0 atom stereocenters. The van der Waals surface area contributed by atoms with Crippen LogP contribution in [0, 0.1) is 10.1 Å². The number of benzene rings is 1. The highest BCUT2D eigenvalue weighted by atomic mass is 16.6. The quantitative estimate of drug-likeness (QED) is 0.625. The molecule has 0 saturated carbocycles. The number of nitrogens with one attached hydrogen (secondary N) is 1.